The normalized spacial score (nSPS) is 13.8. The van der Waals surface area contributed by atoms with Crippen molar-refractivity contribution in [1.82, 2.24) is 4.90 Å². The lowest BCUT2D eigenvalue weighted by Gasteiger charge is -2.24. The summed E-state index contributed by atoms with van der Waals surface area (Å²) in [5, 5.41) is 2.94. The number of likely N-dealkylation sites (N-methyl/N-ethyl adjacent to an activating group) is 1. The molecule has 24 heavy (non-hydrogen) atoms. The highest BCUT2D eigenvalue weighted by atomic mass is 16.7. The fourth-order valence-corrected chi connectivity index (χ4v) is 2.61. The van der Waals surface area contributed by atoms with Gasteiger partial charge in [0.05, 0.1) is 6.04 Å². The molecule has 3 rings (SSSR count). The number of fused-ring (bicyclic) bond motifs is 1. The molecule has 0 saturated heterocycles. The average molecular weight is 326 g/mol. The first-order chi connectivity index (χ1) is 11.5. The van der Waals surface area contributed by atoms with Crippen LogP contribution in [0, 0.1) is 6.92 Å². The van der Waals surface area contributed by atoms with Crippen LogP contribution in [0.5, 0.6) is 11.5 Å². The minimum atomic E-state index is -0.255. The van der Waals surface area contributed by atoms with Gasteiger partial charge in [0.2, 0.25) is 12.7 Å². The summed E-state index contributed by atoms with van der Waals surface area (Å²) in [7, 11) is 1.95. The van der Waals surface area contributed by atoms with Crippen LogP contribution in [0.1, 0.15) is 18.1 Å². The monoisotopic (exact) mass is 326 g/mol. The number of ether oxygens (including phenoxy) is 2. The van der Waals surface area contributed by atoms with Crippen LogP contribution in [-0.4, -0.2) is 30.7 Å². The van der Waals surface area contributed by atoms with Crippen LogP contribution < -0.4 is 14.8 Å². The Hall–Kier alpha value is -2.53. The van der Waals surface area contributed by atoms with Gasteiger partial charge in [-0.25, -0.2) is 0 Å². The maximum atomic E-state index is 12.5. The van der Waals surface area contributed by atoms with E-state index in [2.05, 4.69) is 24.4 Å². The van der Waals surface area contributed by atoms with Crippen LogP contribution in [0.15, 0.2) is 42.5 Å². The first-order valence-corrected chi connectivity index (χ1v) is 8.00. The lowest BCUT2D eigenvalue weighted by atomic mass is 10.1. The molecule has 0 spiro atoms. The molecule has 2 aromatic rings. The van der Waals surface area contributed by atoms with Gasteiger partial charge in [0.1, 0.15) is 0 Å². The molecular formula is C19H22N2O3. The number of benzene rings is 2. The second kappa shape index (κ2) is 6.93. The smallest absolute Gasteiger partial charge is 0.241 e. The summed E-state index contributed by atoms with van der Waals surface area (Å²) >= 11 is 0. The number of amides is 1. The number of hydrogen-bond acceptors (Lipinski definition) is 4. The number of anilines is 1. The third-order valence-corrected chi connectivity index (χ3v) is 4.36. The molecule has 1 N–H and O–H groups in total. The van der Waals surface area contributed by atoms with Crippen LogP contribution in [0.3, 0.4) is 0 Å². The SMILES string of the molecule is Cc1ccccc1CN(C)C(C)C(=O)Nc1ccc2c(c1)OCO2. The summed E-state index contributed by atoms with van der Waals surface area (Å²) in [6, 6.07) is 13.4. The van der Waals surface area contributed by atoms with E-state index in [1.54, 1.807) is 12.1 Å². The predicted octanol–water partition coefficient (Wildman–Crippen LogP) is 3.18. The van der Waals surface area contributed by atoms with E-state index >= 15 is 0 Å². The van der Waals surface area contributed by atoms with E-state index in [1.807, 2.05) is 37.1 Å². The van der Waals surface area contributed by atoms with Crippen molar-refractivity contribution < 1.29 is 14.3 Å². The maximum Gasteiger partial charge on any atom is 0.241 e. The van der Waals surface area contributed by atoms with Gasteiger partial charge in [-0.15, -0.1) is 0 Å². The van der Waals surface area contributed by atoms with E-state index in [-0.39, 0.29) is 18.7 Å². The first-order valence-electron chi connectivity index (χ1n) is 8.00. The molecule has 1 aliphatic heterocycles. The molecule has 0 saturated carbocycles. The standard InChI is InChI=1S/C19H22N2O3/c1-13-6-4-5-7-15(13)11-21(3)14(2)19(22)20-16-8-9-17-18(10-16)24-12-23-17/h4-10,14H,11-12H2,1-3H3,(H,20,22). The minimum Gasteiger partial charge on any atom is -0.454 e. The van der Waals surface area contributed by atoms with E-state index in [9.17, 15) is 4.79 Å². The molecule has 1 aliphatic rings. The van der Waals surface area contributed by atoms with Crippen molar-refractivity contribution in [1.29, 1.82) is 0 Å². The molecule has 0 aromatic heterocycles. The Morgan fingerprint density at radius 3 is 2.75 bits per heavy atom. The lowest BCUT2D eigenvalue weighted by molar-refractivity contribution is -0.120. The summed E-state index contributed by atoms with van der Waals surface area (Å²) in [5.41, 5.74) is 3.16. The van der Waals surface area contributed by atoms with Gasteiger partial charge in [-0.3, -0.25) is 9.69 Å². The quantitative estimate of drug-likeness (QED) is 0.917. The number of nitrogens with zero attached hydrogens (tertiary/aromatic N) is 1. The summed E-state index contributed by atoms with van der Waals surface area (Å²) in [5.74, 6) is 1.32. The van der Waals surface area contributed by atoms with E-state index in [4.69, 9.17) is 9.47 Å². The number of hydrogen-bond donors (Lipinski definition) is 1. The Labute approximate surface area is 142 Å². The molecule has 1 heterocycles. The lowest BCUT2D eigenvalue weighted by Crippen LogP contribution is -2.39. The van der Waals surface area contributed by atoms with E-state index in [0.717, 1.165) is 6.54 Å². The number of carbonyl (C=O) groups is 1. The molecule has 0 fully saturated rings. The van der Waals surface area contributed by atoms with Gasteiger partial charge in [-0.2, -0.15) is 0 Å². The van der Waals surface area contributed by atoms with Crippen LogP contribution >= 0.6 is 0 Å². The zero-order chi connectivity index (χ0) is 17.1. The van der Waals surface area contributed by atoms with Crippen molar-refractivity contribution in [2.45, 2.75) is 26.4 Å². The molecule has 126 valence electrons. The fourth-order valence-electron chi connectivity index (χ4n) is 2.61. The first kappa shape index (κ1) is 16.3. The van der Waals surface area contributed by atoms with Crippen LogP contribution in [0.25, 0.3) is 0 Å². The molecular weight excluding hydrogens is 304 g/mol. The zero-order valence-electron chi connectivity index (χ0n) is 14.2. The molecule has 1 atom stereocenters. The summed E-state index contributed by atoms with van der Waals surface area (Å²) in [4.78, 5) is 14.5. The Balaban J connectivity index is 1.63. The molecule has 0 radical (unpaired) electrons. The average Bonchev–Trinajstić information content (AvgIpc) is 3.03. The van der Waals surface area contributed by atoms with Crippen LogP contribution in [0.4, 0.5) is 5.69 Å². The van der Waals surface area contributed by atoms with Crippen LogP contribution in [-0.2, 0) is 11.3 Å². The summed E-state index contributed by atoms with van der Waals surface area (Å²) in [6.07, 6.45) is 0. The topological polar surface area (TPSA) is 50.8 Å². The zero-order valence-corrected chi connectivity index (χ0v) is 14.2. The van der Waals surface area contributed by atoms with Crippen molar-refractivity contribution in [3.8, 4) is 11.5 Å². The maximum absolute atomic E-state index is 12.5. The molecule has 5 heteroatoms. The number of rotatable bonds is 5. The molecule has 0 bridgehead atoms. The van der Waals surface area contributed by atoms with Crippen molar-refractivity contribution in [2.24, 2.45) is 0 Å². The number of nitrogens with one attached hydrogen (secondary N) is 1. The number of carbonyl (C=O) groups excluding carboxylic acids is 1. The highest BCUT2D eigenvalue weighted by Gasteiger charge is 2.20. The highest BCUT2D eigenvalue weighted by molar-refractivity contribution is 5.94. The van der Waals surface area contributed by atoms with E-state index in [1.165, 1.54) is 11.1 Å². The second-order valence-corrected chi connectivity index (χ2v) is 6.07. The van der Waals surface area contributed by atoms with E-state index < -0.39 is 0 Å². The van der Waals surface area contributed by atoms with Gasteiger partial charge in [0, 0.05) is 18.3 Å². The Morgan fingerprint density at radius 2 is 1.96 bits per heavy atom. The molecule has 1 unspecified atom stereocenters. The summed E-state index contributed by atoms with van der Waals surface area (Å²) in [6.45, 7) is 4.94. The van der Waals surface area contributed by atoms with Crippen molar-refractivity contribution >= 4 is 11.6 Å². The van der Waals surface area contributed by atoms with Crippen molar-refractivity contribution in [3.63, 3.8) is 0 Å². The minimum absolute atomic E-state index is 0.0510. The molecule has 2 aromatic carbocycles. The predicted molar refractivity (Wildman–Crippen MR) is 93.3 cm³/mol. The third-order valence-electron chi connectivity index (χ3n) is 4.36. The third kappa shape index (κ3) is 3.51. The largest absolute Gasteiger partial charge is 0.454 e. The van der Waals surface area contributed by atoms with Crippen molar-refractivity contribution in [3.05, 3.63) is 53.6 Å². The summed E-state index contributed by atoms with van der Waals surface area (Å²) < 4.78 is 10.6. The van der Waals surface area contributed by atoms with Crippen molar-refractivity contribution in [2.75, 3.05) is 19.2 Å². The number of aryl methyl sites for hydroxylation is 1. The Kier molecular flexibility index (Phi) is 4.71. The van der Waals surface area contributed by atoms with Gasteiger partial charge in [0.25, 0.3) is 0 Å². The van der Waals surface area contributed by atoms with Gasteiger partial charge >= 0.3 is 0 Å². The van der Waals surface area contributed by atoms with Gasteiger partial charge in [0.15, 0.2) is 11.5 Å². The van der Waals surface area contributed by atoms with Gasteiger partial charge in [-0.1, -0.05) is 24.3 Å². The molecule has 0 aliphatic carbocycles. The molecule has 1 amide bonds. The van der Waals surface area contributed by atoms with E-state index in [0.29, 0.717) is 17.2 Å². The Bertz CT molecular complexity index is 745. The van der Waals surface area contributed by atoms with Gasteiger partial charge < -0.3 is 14.8 Å². The van der Waals surface area contributed by atoms with Gasteiger partial charge in [-0.05, 0) is 44.2 Å². The Morgan fingerprint density at radius 1 is 1.21 bits per heavy atom. The molecule has 5 nitrogen and oxygen atoms in total. The second-order valence-electron chi connectivity index (χ2n) is 6.07. The fraction of sp³-hybridized carbons (Fsp3) is 0.316. The van der Waals surface area contributed by atoms with Crippen LogP contribution in [0.2, 0.25) is 0 Å². The highest BCUT2D eigenvalue weighted by Crippen LogP contribution is 2.34.